The first kappa shape index (κ1) is 20.0. The highest BCUT2D eigenvalue weighted by Gasteiger charge is 2.24. The van der Waals surface area contributed by atoms with Gasteiger partial charge in [-0.1, -0.05) is 12.1 Å². The summed E-state index contributed by atoms with van der Waals surface area (Å²) in [6.07, 6.45) is 7.78. The molecule has 4 aromatic rings. The zero-order valence-corrected chi connectivity index (χ0v) is 16.3. The average Bonchev–Trinajstić information content (AvgIpc) is 3.43. The lowest BCUT2D eigenvalue weighted by molar-refractivity contribution is -0.384. The Hall–Kier alpha value is -4.34. The standard InChI is InChI=1S/C21H17FN6O3/c1-26-9-8-24-20(26)19(14-3-2-4-16(22)11-14)25-21(29)15-5-6-17(18(12-15)28(30)31)27-10-7-23-13-27/h2-13,19H,1H3,(H,25,29). The highest BCUT2D eigenvalue weighted by molar-refractivity contribution is 5.95. The van der Waals surface area contributed by atoms with E-state index in [0.717, 1.165) is 0 Å². The summed E-state index contributed by atoms with van der Waals surface area (Å²) in [4.78, 5) is 32.2. The van der Waals surface area contributed by atoms with Crippen molar-refractivity contribution in [2.24, 2.45) is 7.05 Å². The van der Waals surface area contributed by atoms with Crippen LogP contribution < -0.4 is 5.32 Å². The van der Waals surface area contributed by atoms with Crippen LogP contribution >= 0.6 is 0 Å². The lowest BCUT2D eigenvalue weighted by Gasteiger charge is -2.19. The normalized spacial score (nSPS) is 11.8. The first-order chi connectivity index (χ1) is 14.9. The first-order valence-electron chi connectivity index (χ1n) is 9.24. The molecule has 9 nitrogen and oxygen atoms in total. The lowest BCUT2D eigenvalue weighted by atomic mass is 10.0. The molecule has 2 aromatic heterocycles. The number of halogens is 1. The van der Waals surface area contributed by atoms with E-state index in [1.165, 1.54) is 53.5 Å². The Kier molecular flexibility index (Phi) is 5.27. The molecule has 10 heteroatoms. The van der Waals surface area contributed by atoms with Gasteiger partial charge >= 0.3 is 0 Å². The zero-order valence-electron chi connectivity index (χ0n) is 16.3. The smallest absolute Gasteiger partial charge is 0.294 e. The molecule has 2 aromatic carbocycles. The number of amides is 1. The van der Waals surface area contributed by atoms with Gasteiger partial charge in [-0.05, 0) is 29.8 Å². The number of nitrogens with zero attached hydrogens (tertiary/aromatic N) is 5. The predicted molar refractivity (Wildman–Crippen MR) is 109 cm³/mol. The number of hydrogen-bond acceptors (Lipinski definition) is 5. The van der Waals surface area contributed by atoms with Gasteiger partial charge in [0.2, 0.25) is 0 Å². The minimum absolute atomic E-state index is 0.0891. The average molecular weight is 420 g/mol. The van der Waals surface area contributed by atoms with E-state index in [-0.39, 0.29) is 16.9 Å². The number of carbonyl (C=O) groups is 1. The van der Waals surface area contributed by atoms with Gasteiger partial charge in [-0.15, -0.1) is 0 Å². The van der Waals surface area contributed by atoms with Crippen molar-refractivity contribution in [3.05, 3.63) is 106 Å². The van der Waals surface area contributed by atoms with Crippen LogP contribution in [-0.4, -0.2) is 29.9 Å². The minimum atomic E-state index is -0.754. The Morgan fingerprint density at radius 1 is 1.19 bits per heavy atom. The fraction of sp³-hybridized carbons (Fsp3) is 0.0952. The Morgan fingerprint density at radius 2 is 2.03 bits per heavy atom. The van der Waals surface area contributed by atoms with E-state index in [1.54, 1.807) is 36.3 Å². The Bertz CT molecular complexity index is 1250. The van der Waals surface area contributed by atoms with E-state index in [9.17, 15) is 19.3 Å². The maximum absolute atomic E-state index is 13.8. The van der Waals surface area contributed by atoms with Crippen molar-refractivity contribution < 1.29 is 14.1 Å². The molecule has 0 aliphatic carbocycles. The second-order valence-electron chi connectivity index (χ2n) is 6.79. The van der Waals surface area contributed by atoms with Crippen LogP contribution in [0.5, 0.6) is 0 Å². The minimum Gasteiger partial charge on any atom is -0.338 e. The van der Waals surface area contributed by atoms with Gasteiger partial charge in [0.05, 0.1) is 11.3 Å². The van der Waals surface area contributed by atoms with Crippen LogP contribution in [0.15, 0.2) is 73.6 Å². The highest BCUT2D eigenvalue weighted by atomic mass is 19.1. The largest absolute Gasteiger partial charge is 0.338 e. The third kappa shape index (κ3) is 4.04. The SMILES string of the molecule is Cn1ccnc1C(NC(=O)c1ccc(-n2ccnc2)c([N+](=O)[O-])c1)c1cccc(F)c1. The van der Waals surface area contributed by atoms with Crippen LogP contribution in [-0.2, 0) is 7.05 Å². The summed E-state index contributed by atoms with van der Waals surface area (Å²) in [6.45, 7) is 0. The van der Waals surface area contributed by atoms with Crippen LogP contribution in [0.3, 0.4) is 0 Å². The molecule has 0 radical (unpaired) electrons. The maximum Gasteiger partial charge on any atom is 0.294 e. The Balaban J connectivity index is 1.70. The van der Waals surface area contributed by atoms with Crippen LogP contribution in [0.4, 0.5) is 10.1 Å². The molecule has 4 rings (SSSR count). The van der Waals surface area contributed by atoms with Gasteiger partial charge in [0.25, 0.3) is 11.6 Å². The number of imidazole rings is 2. The van der Waals surface area contributed by atoms with Gasteiger partial charge in [-0.3, -0.25) is 14.9 Å². The molecule has 1 amide bonds. The van der Waals surface area contributed by atoms with E-state index in [1.807, 2.05) is 0 Å². The number of benzene rings is 2. The third-order valence-electron chi connectivity index (χ3n) is 4.79. The van der Waals surface area contributed by atoms with Gasteiger partial charge < -0.3 is 14.5 Å². The summed E-state index contributed by atoms with van der Waals surface area (Å²) < 4.78 is 17.0. The molecule has 1 N–H and O–H groups in total. The monoisotopic (exact) mass is 420 g/mol. The van der Waals surface area contributed by atoms with E-state index < -0.39 is 22.7 Å². The molecule has 0 aliphatic rings. The topological polar surface area (TPSA) is 108 Å². The maximum atomic E-state index is 13.8. The molecule has 1 atom stereocenters. The van der Waals surface area contributed by atoms with Crippen LogP contribution in [0, 0.1) is 15.9 Å². The molecule has 2 heterocycles. The quantitative estimate of drug-likeness (QED) is 0.381. The Labute approximate surface area is 176 Å². The molecule has 0 aliphatic heterocycles. The van der Waals surface area contributed by atoms with E-state index in [0.29, 0.717) is 11.4 Å². The van der Waals surface area contributed by atoms with Crippen LogP contribution in [0.2, 0.25) is 0 Å². The molecule has 0 spiro atoms. The van der Waals surface area contributed by atoms with Gasteiger partial charge in [0.15, 0.2) is 0 Å². The number of aryl methyl sites for hydroxylation is 1. The molecular weight excluding hydrogens is 403 g/mol. The second kappa shape index (κ2) is 8.19. The van der Waals surface area contributed by atoms with E-state index >= 15 is 0 Å². The van der Waals surface area contributed by atoms with Crippen molar-refractivity contribution in [3.8, 4) is 5.69 Å². The predicted octanol–water partition coefficient (Wildman–Crippen LogP) is 3.17. The number of aromatic nitrogens is 4. The molecule has 0 bridgehead atoms. The molecule has 156 valence electrons. The van der Waals surface area contributed by atoms with Gasteiger partial charge in [-0.2, -0.15) is 0 Å². The van der Waals surface area contributed by atoms with Crippen molar-refractivity contribution in [1.82, 2.24) is 24.4 Å². The van der Waals surface area contributed by atoms with Gasteiger partial charge in [-0.25, -0.2) is 14.4 Å². The third-order valence-corrected chi connectivity index (χ3v) is 4.79. The molecule has 31 heavy (non-hydrogen) atoms. The summed E-state index contributed by atoms with van der Waals surface area (Å²) in [5, 5.41) is 14.4. The first-order valence-corrected chi connectivity index (χ1v) is 9.24. The molecule has 0 saturated heterocycles. The lowest BCUT2D eigenvalue weighted by Crippen LogP contribution is -2.31. The Morgan fingerprint density at radius 3 is 2.68 bits per heavy atom. The van der Waals surface area contributed by atoms with Crippen molar-refractivity contribution >= 4 is 11.6 Å². The summed E-state index contributed by atoms with van der Waals surface area (Å²) in [5.41, 5.74) is 0.619. The number of nitro benzene ring substituents is 1. The number of nitro groups is 1. The highest BCUT2D eigenvalue weighted by Crippen LogP contribution is 2.26. The second-order valence-corrected chi connectivity index (χ2v) is 6.79. The number of carbonyl (C=O) groups excluding carboxylic acids is 1. The fourth-order valence-electron chi connectivity index (χ4n) is 3.28. The van der Waals surface area contributed by atoms with E-state index in [4.69, 9.17) is 0 Å². The molecule has 0 saturated carbocycles. The van der Waals surface area contributed by atoms with Crippen LogP contribution in [0.1, 0.15) is 27.8 Å². The summed E-state index contributed by atoms with van der Waals surface area (Å²) >= 11 is 0. The molecule has 1 unspecified atom stereocenters. The number of nitrogens with one attached hydrogen (secondary N) is 1. The summed E-state index contributed by atoms with van der Waals surface area (Å²) in [5.74, 6) is -0.521. The molecule has 0 fully saturated rings. The summed E-state index contributed by atoms with van der Waals surface area (Å²) in [7, 11) is 1.76. The van der Waals surface area contributed by atoms with Crippen molar-refractivity contribution in [2.75, 3.05) is 0 Å². The number of hydrogen-bond donors (Lipinski definition) is 1. The van der Waals surface area contributed by atoms with Crippen molar-refractivity contribution in [1.29, 1.82) is 0 Å². The fourth-order valence-corrected chi connectivity index (χ4v) is 3.28. The van der Waals surface area contributed by atoms with Gasteiger partial charge in [0, 0.05) is 43.5 Å². The van der Waals surface area contributed by atoms with E-state index in [2.05, 4.69) is 15.3 Å². The summed E-state index contributed by atoms with van der Waals surface area (Å²) in [6, 6.07) is 9.24. The van der Waals surface area contributed by atoms with Crippen molar-refractivity contribution in [2.45, 2.75) is 6.04 Å². The van der Waals surface area contributed by atoms with Gasteiger partial charge in [0.1, 0.15) is 23.4 Å². The van der Waals surface area contributed by atoms with Crippen molar-refractivity contribution in [3.63, 3.8) is 0 Å². The molecular formula is C21H17FN6O3. The number of rotatable bonds is 6. The zero-order chi connectivity index (χ0) is 22.0. The van der Waals surface area contributed by atoms with Crippen LogP contribution in [0.25, 0.3) is 5.69 Å².